The number of aromatic amines is 1. The second-order valence-electron chi connectivity index (χ2n) is 2.97. The predicted octanol–water partition coefficient (Wildman–Crippen LogP) is 1.41. The predicted molar refractivity (Wildman–Crippen MR) is 62.4 cm³/mol. The number of aromatic nitrogens is 2. The summed E-state index contributed by atoms with van der Waals surface area (Å²) in [4.78, 5) is 24.0. The van der Waals surface area contributed by atoms with Gasteiger partial charge in [-0.1, -0.05) is 28.1 Å². The summed E-state index contributed by atoms with van der Waals surface area (Å²) in [5, 5.41) is 0. The molecule has 1 N–H and O–H groups in total. The zero-order chi connectivity index (χ0) is 10.8. The molecule has 0 fully saturated rings. The van der Waals surface area contributed by atoms with Crippen molar-refractivity contribution in [3.63, 3.8) is 0 Å². The van der Waals surface area contributed by atoms with Gasteiger partial charge >= 0.3 is 10.6 Å². The van der Waals surface area contributed by atoms with Crippen molar-refractivity contribution in [2.24, 2.45) is 0 Å². The number of benzene rings is 1. The molecule has 6 heteroatoms. The molecule has 0 aliphatic heterocycles. The fourth-order valence-corrected chi connectivity index (χ4v) is 2.11. The van der Waals surface area contributed by atoms with E-state index in [2.05, 4.69) is 20.9 Å². The Morgan fingerprint density at radius 3 is 2.47 bits per heavy atom. The van der Waals surface area contributed by atoms with Gasteiger partial charge in [-0.05, 0) is 17.7 Å². The average molecular weight is 287 g/mol. The van der Waals surface area contributed by atoms with Crippen LogP contribution in [0.25, 0.3) is 0 Å². The Balaban J connectivity index is 2.29. The molecule has 0 saturated heterocycles. The molecule has 0 atom stereocenters. The highest BCUT2D eigenvalue weighted by Gasteiger charge is 2.01. The lowest BCUT2D eigenvalue weighted by atomic mass is 10.2. The molecule has 0 aliphatic carbocycles. The van der Waals surface area contributed by atoms with Crippen molar-refractivity contribution in [3.8, 4) is 0 Å². The van der Waals surface area contributed by atoms with Gasteiger partial charge in [0.2, 0.25) is 0 Å². The molecular weight excluding hydrogens is 280 g/mol. The van der Waals surface area contributed by atoms with E-state index in [1.807, 2.05) is 24.3 Å². The van der Waals surface area contributed by atoms with Gasteiger partial charge in [-0.15, -0.1) is 0 Å². The molecular formula is C9H7BrN2O2S. The molecule has 0 radical (unpaired) electrons. The van der Waals surface area contributed by atoms with E-state index in [9.17, 15) is 9.59 Å². The quantitative estimate of drug-likeness (QED) is 0.908. The first kappa shape index (κ1) is 10.4. The van der Waals surface area contributed by atoms with Gasteiger partial charge in [0.05, 0.1) is 6.54 Å². The van der Waals surface area contributed by atoms with Crippen LogP contribution in [-0.2, 0) is 6.54 Å². The van der Waals surface area contributed by atoms with Crippen LogP contribution >= 0.6 is 27.5 Å². The molecule has 0 bridgehead atoms. The van der Waals surface area contributed by atoms with Crippen molar-refractivity contribution in [3.05, 3.63) is 54.5 Å². The van der Waals surface area contributed by atoms with Gasteiger partial charge in [-0.25, -0.2) is 8.75 Å². The van der Waals surface area contributed by atoms with Gasteiger partial charge < -0.3 is 0 Å². The molecule has 0 amide bonds. The molecule has 1 heterocycles. The van der Waals surface area contributed by atoms with Gasteiger partial charge in [-0.2, -0.15) is 0 Å². The summed E-state index contributed by atoms with van der Waals surface area (Å²) >= 11 is 4.22. The number of rotatable bonds is 2. The normalized spacial score (nSPS) is 10.5. The molecule has 1 aromatic carbocycles. The van der Waals surface area contributed by atoms with Gasteiger partial charge in [0.1, 0.15) is 0 Å². The summed E-state index contributed by atoms with van der Waals surface area (Å²) in [6.07, 6.45) is 0. The second-order valence-corrected chi connectivity index (χ2v) is 4.88. The highest BCUT2D eigenvalue weighted by molar-refractivity contribution is 9.10. The largest absolute Gasteiger partial charge is 0.338 e. The zero-order valence-corrected chi connectivity index (χ0v) is 9.97. The van der Waals surface area contributed by atoms with E-state index >= 15 is 0 Å². The number of nitrogens with zero attached hydrogens (tertiary/aromatic N) is 1. The van der Waals surface area contributed by atoms with Gasteiger partial charge in [0, 0.05) is 16.0 Å². The third-order valence-electron chi connectivity index (χ3n) is 1.87. The first-order chi connectivity index (χ1) is 7.15. The highest BCUT2D eigenvalue weighted by Crippen LogP contribution is 2.11. The van der Waals surface area contributed by atoms with Crippen LogP contribution in [0, 0.1) is 0 Å². The number of hydrogen-bond acceptors (Lipinski definition) is 3. The SMILES string of the molecule is O=c1[nH]c(=O)n(Cc2ccc(Br)cc2)s1. The Hall–Kier alpha value is -1.14. The zero-order valence-electron chi connectivity index (χ0n) is 7.57. The highest BCUT2D eigenvalue weighted by atomic mass is 79.9. The first-order valence-corrected chi connectivity index (χ1v) is 5.77. The standard InChI is InChI=1S/C9H7BrN2O2S/c10-7-3-1-6(2-4-7)5-12-8(13)11-9(14)15-12/h1-4H,5H2,(H,11,13,14). The maximum atomic E-state index is 11.2. The molecule has 0 aliphatic rings. The lowest BCUT2D eigenvalue weighted by Crippen LogP contribution is -2.16. The summed E-state index contributed by atoms with van der Waals surface area (Å²) in [7, 11) is 0. The third-order valence-corrected chi connectivity index (χ3v) is 3.18. The van der Waals surface area contributed by atoms with E-state index < -0.39 is 0 Å². The lowest BCUT2D eigenvalue weighted by Gasteiger charge is -1.99. The molecule has 15 heavy (non-hydrogen) atoms. The van der Waals surface area contributed by atoms with Crippen LogP contribution in [0.1, 0.15) is 5.56 Å². The van der Waals surface area contributed by atoms with Crippen molar-refractivity contribution in [1.29, 1.82) is 0 Å². The van der Waals surface area contributed by atoms with Crippen molar-refractivity contribution in [1.82, 2.24) is 8.94 Å². The minimum atomic E-state index is -0.354. The minimum absolute atomic E-state index is 0.322. The second kappa shape index (κ2) is 4.16. The van der Waals surface area contributed by atoms with Crippen LogP contribution in [0.4, 0.5) is 0 Å². The maximum absolute atomic E-state index is 11.2. The maximum Gasteiger partial charge on any atom is 0.338 e. The van der Waals surface area contributed by atoms with E-state index in [1.54, 1.807) is 0 Å². The number of H-pyrrole nitrogens is 1. The summed E-state index contributed by atoms with van der Waals surface area (Å²) in [6, 6.07) is 7.60. The molecule has 2 aromatic rings. The van der Waals surface area contributed by atoms with E-state index in [1.165, 1.54) is 3.96 Å². The van der Waals surface area contributed by atoms with E-state index in [4.69, 9.17) is 0 Å². The molecule has 0 unspecified atom stereocenters. The molecule has 0 spiro atoms. The van der Waals surface area contributed by atoms with Crippen LogP contribution < -0.4 is 10.6 Å². The number of halogens is 1. The van der Waals surface area contributed by atoms with Crippen LogP contribution in [0.15, 0.2) is 38.3 Å². The van der Waals surface area contributed by atoms with E-state index in [0.29, 0.717) is 6.54 Å². The smallest absolute Gasteiger partial charge is 0.263 e. The van der Waals surface area contributed by atoms with Crippen LogP contribution in [0.2, 0.25) is 0 Å². The topological polar surface area (TPSA) is 54.9 Å². The van der Waals surface area contributed by atoms with E-state index in [0.717, 1.165) is 21.6 Å². The summed E-state index contributed by atoms with van der Waals surface area (Å²) in [5.41, 5.74) is 0.628. The molecule has 2 rings (SSSR count). The number of hydrogen-bond donors (Lipinski definition) is 1. The fourth-order valence-electron chi connectivity index (χ4n) is 1.17. The Morgan fingerprint density at radius 1 is 1.27 bits per heavy atom. The summed E-state index contributed by atoms with van der Waals surface area (Å²) in [6.45, 7) is 0.426. The Kier molecular flexibility index (Phi) is 2.88. The van der Waals surface area contributed by atoms with Gasteiger partial charge in [0.15, 0.2) is 0 Å². The van der Waals surface area contributed by atoms with Crippen molar-refractivity contribution in [2.75, 3.05) is 0 Å². The Morgan fingerprint density at radius 2 is 1.93 bits per heavy atom. The Bertz CT molecular complexity index is 567. The van der Waals surface area contributed by atoms with Gasteiger partial charge in [0.25, 0.3) is 0 Å². The van der Waals surface area contributed by atoms with E-state index in [-0.39, 0.29) is 10.6 Å². The van der Waals surface area contributed by atoms with Crippen molar-refractivity contribution < 1.29 is 0 Å². The number of nitrogens with one attached hydrogen (secondary N) is 1. The molecule has 0 saturated carbocycles. The van der Waals surface area contributed by atoms with Crippen LogP contribution in [0.5, 0.6) is 0 Å². The average Bonchev–Trinajstić information content (AvgIpc) is 2.49. The third kappa shape index (κ3) is 2.45. The summed E-state index contributed by atoms with van der Waals surface area (Å²) < 4.78 is 2.38. The lowest BCUT2D eigenvalue weighted by molar-refractivity contribution is 0.821. The van der Waals surface area contributed by atoms with Crippen molar-refractivity contribution >= 4 is 27.5 Å². The van der Waals surface area contributed by atoms with Crippen LogP contribution in [0.3, 0.4) is 0 Å². The molecule has 78 valence electrons. The monoisotopic (exact) mass is 286 g/mol. The fraction of sp³-hybridized carbons (Fsp3) is 0.111. The first-order valence-electron chi connectivity index (χ1n) is 4.20. The minimum Gasteiger partial charge on any atom is -0.263 e. The molecule has 4 nitrogen and oxygen atoms in total. The Labute approximate surface area is 97.5 Å². The molecule has 1 aromatic heterocycles. The van der Waals surface area contributed by atoms with Crippen LogP contribution in [-0.4, -0.2) is 8.94 Å². The van der Waals surface area contributed by atoms with Gasteiger partial charge in [-0.3, -0.25) is 9.78 Å². The van der Waals surface area contributed by atoms with Crippen molar-refractivity contribution in [2.45, 2.75) is 6.54 Å². The summed E-state index contributed by atoms with van der Waals surface area (Å²) in [5.74, 6) is 0.